The molecule has 6 heteroatoms. The second-order valence-corrected chi connectivity index (χ2v) is 7.45. The molecule has 4 rings (SSSR count). The maximum atomic E-state index is 12.8. The number of carbonyl (C=O) groups is 2. The zero-order valence-electron chi connectivity index (χ0n) is 17.9. The molecular weight excluding hydrogens is 412 g/mol. The molecule has 6 nitrogen and oxygen atoms in total. The minimum atomic E-state index is -0.525. The second-order valence-electron chi connectivity index (χ2n) is 7.45. The molecule has 0 bridgehead atoms. The molecule has 0 unspecified atom stereocenters. The fraction of sp³-hybridized carbons (Fsp3) is 0.0370. The lowest BCUT2D eigenvalue weighted by Crippen LogP contribution is -2.14. The van der Waals surface area contributed by atoms with E-state index in [1.807, 2.05) is 37.3 Å². The minimum absolute atomic E-state index is 0.0575. The first kappa shape index (κ1) is 21.5. The van der Waals surface area contributed by atoms with Gasteiger partial charge in [0, 0.05) is 22.8 Å². The molecular formula is C27H20N4O2. The number of hydrogen-bond donors (Lipinski definition) is 2. The van der Waals surface area contributed by atoms with Gasteiger partial charge in [0.1, 0.15) is 11.6 Å². The maximum Gasteiger partial charge on any atom is 0.266 e. The number of nitrogens with zero attached hydrogens (tertiary/aromatic N) is 2. The molecule has 4 aromatic rings. The molecule has 0 aliphatic heterocycles. The van der Waals surface area contributed by atoms with Crippen molar-refractivity contribution < 1.29 is 9.59 Å². The molecule has 33 heavy (non-hydrogen) atoms. The number of hydrogen-bond acceptors (Lipinski definition) is 4. The standard InChI is InChI=1S/C27H20N4O2/c1-18-10-12-20(13-11-18)26(32)30-22-6-2-5-19(16-22)15-21(17-28)27(33)31-25-9-3-8-24-23(25)7-4-14-29-24/h2-16H,1H3,(H,30,32)(H,31,33). The van der Waals surface area contributed by atoms with Gasteiger partial charge in [0.2, 0.25) is 0 Å². The third-order valence-corrected chi connectivity index (χ3v) is 5.03. The Bertz CT molecular complexity index is 1410. The Balaban J connectivity index is 1.53. The van der Waals surface area contributed by atoms with Crippen molar-refractivity contribution in [1.29, 1.82) is 5.26 Å². The number of nitrogens with one attached hydrogen (secondary N) is 2. The summed E-state index contributed by atoms with van der Waals surface area (Å²) in [6, 6.07) is 25.2. The van der Waals surface area contributed by atoms with Crippen LogP contribution in [0.2, 0.25) is 0 Å². The second kappa shape index (κ2) is 9.58. The van der Waals surface area contributed by atoms with Crippen LogP contribution in [0.25, 0.3) is 17.0 Å². The summed E-state index contributed by atoms with van der Waals surface area (Å²) in [6.45, 7) is 1.96. The Hall–Kier alpha value is -4.76. The highest BCUT2D eigenvalue weighted by molar-refractivity contribution is 6.12. The normalized spacial score (nSPS) is 11.0. The van der Waals surface area contributed by atoms with E-state index < -0.39 is 5.91 Å². The third kappa shape index (κ3) is 5.12. The Kier molecular flexibility index (Phi) is 6.24. The number of rotatable bonds is 5. The monoisotopic (exact) mass is 432 g/mol. The molecule has 2 amide bonds. The summed E-state index contributed by atoms with van der Waals surface area (Å²) >= 11 is 0. The van der Waals surface area contributed by atoms with Crippen LogP contribution in [-0.2, 0) is 4.79 Å². The van der Waals surface area contributed by atoms with Gasteiger partial charge >= 0.3 is 0 Å². The van der Waals surface area contributed by atoms with Crippen molar-refractivity contribution in [2.24, 2.45) is 0 Å². The molecule has 0 fully saturated rings. The van der Waals surface area contributed by atoms with E-state index in [1.165, 1.54) is 6.08 Å². The molecule has 3 aromatic carbocycles. The van der Waals surface area contributed by atoms with Crippen LogP contribution in [0.1, 0.15) is 21.5 Å². The smallest absolute Gasteiger partial charge is 0.266 e. The highest BCUT2D eigenvalue weighted by atomic mass is 16.2. The number of aromatic nitrogens is 1. The van der Waals surface area contributed by atoms with E-state index in [0.717, 1.165) is 16.5 Å². The molecule has 0 spiro atoms. The lowest BCUT2D eigenvalue weighted by Gasteiger charge is -2.08. The molecule has 0 saturated carbocycles. The van der Waals surface area contributed by atoms with Gasteiger partial charge in [-0.25, -0.2) is 0 Å². The highest BCUT2D eigenvalue weighted by Gasteiger charge is 2.12. The summed E-state index contributed by atoms with van der Waals surface area (Å²) in [7, 11) is 0. The first-order chi connectivity index (χ1) is 16.0. The van der Waals surface area contributed by atoms with Crippen LogP contribution < -0.4 is 10.6 Å². The number of pyridine rings is 1. The Morgan fingerprint density at radius 2 is 1.73 bits per heavy atom. The summed E-state index contributed by atoms with van der Waals surface area (Å²) in [4.78, 5) is 29.5. The van der Waals surface area contributed by atoms with Gasteiger partial charge in [-0.15, -0.1) is 0 Å². The Morgan fingerprint density at radius 1 is 0.939 bits per heavy atom. The molecule has 1 aromatic heterocycles. The van der Waals surface area contributed by atoms with Crippen LogP contribution in [0.3, 0.4) is 0 Å². The molecule has 0 aliphatic rings. The Morgan fingerprint density at radius 3 is 2.52 bits per heavy atom. The van der Waals surface area contributed by atoms with Gasteiger partial charge in [-0.3, -0.25) is 14.6 Å². The summed E-state index contributed by atoms with van der Waals surface area (Å²) in [6.07, 6.45) is 3.17. The van der Waals surface area contributed by atoms with Crippen LogP contribution in [0.15, 0.2) is 90.6 Å². The average Bonchev–Trinajstić information content (AvgIpc) is 2.83. The van der Waals surface area contributed by atoms with Crippen molar-refractivity contribution in [3.8, 4) is 6.07 Å². The van der Waals surface area contributed by atoms with Crippen molar-refractivity contribution >= 4 is 40.2 Å². The number of fused-ring (bicyclic) bond motifs is 1. The summed E-state index contributed by atoms with van der Waals surface area (Å²) < 4.78 is 0. The van der Waals surface area contributed by atoms with Crippen LogP contribution in [0.4, 0.5) is 11.4 Å². The molecule has 0 atom stereocenters. The summed E-state index contributed by atoms with van der Waals surface area (Å²) in [5, 5.41) is 16.0. The van der Waals surface area contributed by atoms with Gasteiger partial charge in [0.05, 0.1) is 11.2 Å². The number of amides is 2. The molecule has 160 valence electrons. The fourth-order valence-electron chi connectivity index (χ4n) is 3.33. The first-order valence-corrected chi connectivity index (χ1v) is 10.3. The van der Waals surface area contributed by atoms with Gasteiger partial charge in [0.15, 0.2) is 0 Å². The van der Waals surface area contributed by atoms with E-state index in [0.29, 0.717) is 22.5 Å². The molecule has 0 aliphatic carbocycles. The fourth-order valence-corrected chi connectivity index (χ4v) is 3.33. The number of carbonyl (C=O) groups excluding carboxylic acids is 2. The molecule has 0 saturated heterocycles. The van der Waals surface area contributed by atoms with Crippen LogP contribution >= 0.6 is 0 Å². The van der Waals surface area contributed by atoms with Crippen LogP contribution in [-0.4, -0.2) is 16.8 Å². The van der Waals surface area contributed by atoms with Crippen molar-refractivity contribution in [3.63, 3.8) is 0 Å². The first-order valence-electron chi connectivity index (χ1n) is 10.3. The SMILES string of the molecule is Cc1ccc(C(=O)Nc2cccc(C=C(C#N)C(=O)Nc3cccc4ncccc34)c2)cc1. The van der Waals surface area contributed by atoms with Crippen LogP contribution in [0.5, 0.6) is 0 Å². The molecule has 1 heterocycles. The predicted molar refractivity (Wildman–Crippen MR) is 130 cm³/mol. The van der Waals surface area contributed by atoms with Gasteiger partial charge in [-0.2, -0.15) is 5.26 Å². The van der Waals surface area contributed by atoms with Gasteiger partial charge in [-0.1, -0.05) is 35.9 Å². The van der Waals surface area contributed by atoms with Gasteiger partial charge in [-0.05, 0) is 67.1 Å². The minimum Gasteiger partial charge on any atom is -0.322 e. The number of benzene rings is 3. The highest BCUT2D eigenvalue weighted by Crippen LogP contribution is 2.22. The molecule has 0 radical (unpaired) electrons. The van der Waals surface area contributed by atoms with Crippen LogP contribution in [0, 0.1) is 18.3 Å². The zero-order valence-corrected chi connectivity index (χ0v) is 17.9. The largest absolute Gasteiger partial charge is 0.322 e. The van der Waals surface area contributed by atoms with E-state index in [1.54, 1.807) is 60.8 Å². The van der Waals surface area contributed by atoms with E-state index in [-0.39, 0.29) is 11.5 Å². The Labute approximate surface area is 191 Å². The predicted octanol–water partition coefficient (Wildman–Crippen LogP) is 5.34. The van der Waals surface area contributed by atoms with E-state index in [9.17, 15) is 14.9 Å². The van der Waals surface area contributed by atoms with Crippen molar-refractivity contribution in [2.45, 2.75) is 6.92 Å². The number of nitriles is 1. The molecule has 2 N–H and O–H groups in total. The van der Waals surface area contributed by atoms with Crippen molar-refractivity contribution in [1.82, 2.24) is 4.98 Å². The topological polar surface area (TPSA) is 94.9 Å². The maximum absolute atomic E-state index is 12.8. The summed E-state index contributed by atoms with van der Waals surface area (Å²) in [5.41, 5.74) is 4.05. The van der Waals surface area contributed by atoms with E-state index in [2.05, 4.69) is 15.6 Å². The zero-order chi connectivity index (χ0) is 23.2. The lowest BCUT2D eigenvalue weighted by atomic mass is 10.1. The number of aryl methyl sites for hydroxylation is 1. The van der Waals surface area contributed by atoms with Crippen molar-refractivity contribution in [2.75, 3.05) is 10.6 Å². The van der Waals surface area contributed by atoms with Gasteiger partial charge < -0.3 is 10.6 Å². The van der Waals surface area contributed by atoms with Crippen molar-refractivity contribution in [3.05, 3.63) is 107 Å². The third-order valence-electron chi connectivity index (χ3n) is 5.03. The number of anilines is 2. The van der Waals surface area contributed by atoms with E-state index in [4.69, 9.17) is 0 Å². The quantitative estimate of drug-likeness (QED) is 0.329. The average molecular weight is 432 g/mol. The summed E-state index contributed by atoms with van der Waals surface area (Å²) in [5.74, 6) is -0.762. The lowest BCUT2D eigenvalue weighted by molar-refractivity contribution is -0.112. The van der Waals surface area contributed by atoms with E-state index >= 15 is 0 Å². The van der Waals surface area contributed by atoms with Gasteiger partial charge in [0.25, 0.3) is 11.8 Å².